The van der Waals surface area contributed by atoms with Crippen molar-refractivity contribution >= 4 is 11.6 Å². The minimum absolute atomic E-state index is 0.287. The highest BCUT2D eigenvalue weighted by molar-refractivity contribution is 5.55. The third kappa shape index (κ3) is 3.44. The summed E-state index contributed by atoms with van der Waals surface area (Å²) in [6.07, 6.45) is 0.948. The van der Waals surface area contributed by atoms with E-state index in [1.54, 1.807) is 0 Å². The minimum atomic E-state index is 0.287. The molecule has 0 fully saturated rings. The Hall–Kier alpha value is -2.10. The second-order valence-electron chi connectivity index (χ2n) is 4.86. The summed E-state index contributed by atoms with van der Waals surface area (Å²) in [6, 6.07) is 10.7. The number of nitrogen functional groups attached to an aromatic ring is 1. The SMILES string of the molecule is Cc1nc(N)c(C)c(NC(C)Cc2ccccc2)n1. The molecule has 0 aliphatic carbocycles. The highest BCUT2D eigenvalue weighted by Crippen LogP contribution is 2.18. The fourth-order valence-corrected chi connectivity index (χ4v) is 2.04. The van der Waals surface area contributed by atoms with Crippen LogP contribution in [-0.4, -0.2) is 16.0 Å². The van der Waals surface area contributed by atoms with Gasteiger partial charge in [0.1, 0.15) is 17.5 Å². The summed E-state index contributed by atoms with van der Waals surface area (Å²) >= 11 is 0. The number of nitrogens with two attached hydrogens (primary N) is 1. The van der Waals surface area contributed by atoms with Crippen LogP contribution < -0.4 is 11.1 Å². The van der Waals surface area contributed by atoms with Crippen LogP contribution in [0, 0.1) is 13.8 Å². The van der Waals surface area contributed by atoms with Gasteiger partial charge in [-0.2, -0.15) is 0 Å². The van der Waals surface area contributed by atoms with E-state index in [1.807, 2.05) is 19.9 Å². The normalized spacial score (nSPS) is 12.2. The van der Waals surface area contributed by atoms with Crippen LogP contribution >= 0.6 is 0 Å². The van der Waals surface area contributed by atoms with Gasteiger partial charge in [-0.15, -0.1) is 0 Å². The van der Waals surface area contributed by atoms with Gasteiger partial charge in [0.15, 0.2) is 0 Å². The molecule has 2 aromatic rings. The maximum absolute atomic E-state index is 5.86. The molecule has 1 atom stereocenters. The highest BCUT2D eigenvalue weighted by atomic mass is 15.1. The zero-order valence-electron chi connectivity index (χ0n) is 11.6. The Bertz CT molecular complexity index is 552. The average Bonchev–Trinajstić information content (AvgIpc) is 2.36. The van der Waals surface area contributed by atoms with Crippen LogP contribution in [0.4, 0.5) is 11.6 Å². The molecular weight excluding hydrogens is 236 g/mol. The molecule has 0 amide bonds. The number of hydrogen-bond donors (Lipinski definition) is 2. The molecular formula is C15H20N4. The first-order valence-electron chi connectivity index (χ1n) is 6.47. The van der Waals surface area contributed by atoms with Gasteiger partial charge in [-0.05, 0) is 32.8 Å². The van der Waals surface area contributed by atoms with E-state index in [4.69, 9.17) is 5.73 Å². The lowest BCUT2D eigenvalue weighted by molar-refractivity contribution is 0.780. The summed E-state index contributed by atoms with van der Waals surface area (Å²) in [7, 11) is 0. The van der Waals surface area contributed by atoms with Gasteiger partial charge in [0.25, 0.3) is 0 Å². The number of anilines is 2. The van der Waals surface area contributed by atoms with Crippen molar-refractivity contribution < 1.29 is 0 Å². The van der Waals surface area contributed by atoms with E-state index in [0.29, 0.717) is 11.6 Å². The third-order valence-electron chi connectivity index (χ3n) is 3.06. The molecule has 100 valence electrons. The van der Waals surface area contributed by atoms with Crippen molar-refractivity contribution in [3.63, 3.8) is 0 Å². The zero-order valence-corrected chi connectivity index (χ0v) is 11.6. The molecule has 4 nitrogen and oxygen atoms in total. The number of nitrogens with zero attached hydrogens (tertiary/aromatic N) is 2. The van der Waals surface area contributed by atoms with Crippen LogP contribution in [0.15, 0.2) is 30.3 Å². The van der Waals surface area contributed by atoms with E-state index in [-0.39, 0.29) is 6.04 Å². The lowest BCUT2D eigenvalue weighted by Gasteiger charge is -2.17. The second-order valence-corrected chi connectivity index (χ2v) is 4.86. The summed E-state index contributed by atoms with van der Waals surface area (Å²) in [5.41, 5.74) is 8.07. The molecule has 0 aliphatic rings. The molecule has 0 saturated heterocycles. The number of benzene rings is 1. The van der Waals surface area contributed by atoms with Gasteiger partial charge in [0.2, 0.25) is 0 Å². The smallest absolute Gasteiger partial charge is 0.134 e. The molecule has 0 aliphatic heterocycles. The zero-order chi connectivity index (χ0) is 13.8. The van der Waals surface area contributed by atoms with Crippen molar-refractivity contribution in [1.29, 1.82) is 0 Å². The molecule has 1 aromatic heterocycles. The summed E-state index contributed by atoms with van der Waals surface area (Å²) in [5, 5.41) is 3.41. The molecule has 0 saturated carbocycles. The second kappa shape index (κ2) is 5.69. The first kappa shape index (κ1) is 13.3. The minimum Gasteiger partial charge on any atom is -0.383 e. The van der Waals surface area contributed by atoms with Crippen molar-refractivity contribution in [1.82, 2.24) is 9.97 Å². The Labute approximate surface area is 114 Å². The van der Waals surface area contributed by atoms with E-state index in [9.17, 15) is 0 Å². The largest absolute Gasteiger partial charge is 0.383 e. The lowest BCUT2D eigenvalue weighted by atomic mass is 10.1. The highest BCUT2D eigenvalue weighted by Gasteiger charge is 2.10. The van der Waals surface area contributed by atoms with Crippen LogP contribution in [-0.2, 0) is 6.42 Å². The molecule has 0 radical (unpaired) electrons. The summed E-state index contributed by atoms with van der Waals surface area (Å²) in [5.74, 6) is 2.06. The summed E-state index contributed by atoms with van der Waals surface area (Å²) < 4.78 is 0. The number of rotatable bonds is 4. The number of aryl methyl sites for hydroxylation is 1. The standard InChI is InChI=1S/C15H20N4/c1-10(9-13-7-5-4-6-8-13)17-15-11(2)14(16)18-12(3)19-15/h4-8,10H,9H2,1-3H3,(H3,16,17,18,19). The predicted molar refractivity (Wildman–Crippen MR) is 79.1 cm³/mol. The first-order valence-corrected chi connectivity index (χ1v) is 6.47. The third-order valence-corrected chi connectivity index (χ3v) is 3.06. The molecule has 2 rings (SSSR count). The van der Waals surface area contributed by atoms with Gasteiger partial charge < -0.3 is 11.1 Å². The Morgan fingerprint density at radius 3 is 2.53 bits per heavy atom. The number of aromatic nitrogens is 2. The van der Waals surface area contributed by atoms with E-state index >= 15 is 0 Å². The fourth-order valence-electron chi connectivity index (χ4n) is 2.04. The van der Waals surface area contributed by atoms with Crippen molar-refractivity contribution in [2.45, 2.75) is 33.2 Å². The van der Waals surface area contributed by atoms with Crippen LogP contribution in [0.3, 0.4) is 0 Å². The molecule has 1 aromatic carbocycles. The van der Waals surface area contributed by atoms with Crippen LogP contribution in [0.25, 0.3) is 0 Å². The van der Waals surface area contributed by atoms with Gasteiger partial charge in [0, 0.05) is 11.6 Å². The summed E-state index contributed by atoms with van der Waals surface area (Å²) in [6.45, 7) is 5.93. The van der Waals surface area contributed by atoms with Crippen LogP contribution in [0.1, 0.15) is 23.9 Å². The lowest BCUT2D eigenvalue weighted by Crippen LogP contribution is -2.20. The predicted octanol–water partition coefficient (Wildman–Crippen LogP) is 2.72. The molecule has 1 unspecified atom stereocenters. The Morgan fingerprint density at radius 2 is 1.84 bits per heavy atom. The maximum Gasteiger partial charge on any atom is 0.134 e. The van der Waals surface area contributed by atoms with E-state index in [2.05, 4.69) is 46.5 Å². The van der Waals surface area contributed by atoms with Crippen molar-refractivity contribution in [2.24, 2.45) is 0 Å². The van der Waals surface area contributed by atoms with Crippen molar-refractivity contribution in [3.8, 4) is 0 Å². The maximum atomic E-state index is 5.86. The van der Waals surface area contributed by atoms with Crippen LogP contribution in [0.5, 0.6) is 0 Å². The van der Waals surface area contributed by atoms with Gasteiger partial charge in [-0.25, -0.2) is 9.97 Å². The Balaban J connectivity index is 2.09. The molecule has 0 bridgehead atoms. The van der Waals surface area contributed by atoms with Gasteiger partial charge >= 0.3 is 0 Å². The topological polar surface area (TPSA) is 63.8 Å². The van der Waals surface area contributed by atoms with E-state index in [0.717, 1.165) is 17.8 Å². The van der Waals surface area contributed by atoms with Gasteiger partial charge in [-0.3, -0.25) is 0 Å². The van der Waals surface area contributed by atoms with Gasteiger partial charge in [0.05, 0.1) is 0 Å². The summed E-state index contributed by atoms with van der Waals surface area (Å²) in [4.78, 5) is 8.56. The Kier molecular flexibility index (Phi) is 4.00. The van der Waals surface area contributed by atoms with E-state index in [1.165, 1.54) is 5.56 Å². The number of hydrogen-bond acceptors (Lipinski definition) is 4. The molecule has 19 heavy (non-hydrogen) atoms. The quantitative estimate of drug-likeness (QED) is 0.883. The molecule has 4 heteroatoms. The fraction of sp³-hybridized carbons (Fsp3) is 0.333. The van der Waals surface area contributed by atoms with Crippen molar-refractivity contribution in [2.75, 3.05) is 11.1 Å². The molecule has 0 spiro atoms. The van der Waals surface area contributed by atoms with Crippen molar-refractivity contribution in [3.05, 3.63) is 47.3 Å². The Morgan fingerprint density at radius 1 is 1.16 bits per heavy atom. The first-order chi connectivity index (χ1) is 9.06. The molecule has 1 heterocycles. The molecule has 3 N–H and O–H groups in total. The average molecular weight is 256 g/mol. The van der Waals surface area contributed by atoms with Gasteiger partial charge in [-0.1, -0.05) is 30.3 Å². The van der Waals surface area contributed by atoms with Crippen LogP contribution in [0.2, 0.25) is 0 Å². The number of nitrogens with one attached hydrogen (secondary N) is 1. The monoisotopic (exact) mass is 256 g/mol. The van der Waals surface area contributed by atoms with E-state index < -0.39 is 0 Å².